The Kier molecular flexibility index (Phi) is 5.73. The number of hydrogen-bond acceptors (Lipinski definition) is 0. The molecule has 0 N–H and O–H groups in total. The Hall–Kier alpha value is -0.390. The maximum absolute atomic E-state index is 2.42. The molecule has 0 radical (unpaired) electrons. The third-order valence-corrected chi connectivity index (χ3v) is 18.3. The van der Waals surface area contributed by atoms with Crippen molar-refractivity contribution in [3.8, 4) is 11.1 Å². The Morgan fingerprint density at radius 1 is 0.682 bits per heavy atom. The van der Waals surface area contributed by atoms with E-state index >= 15 is 0 Å². The van der Waals surface area contributed by atoms with Crippen LogP contribution in [0.1, 0.15) is 41.5 Å². The molecule has 0 aromatic heterocycles. The fourth-order valence-electron chi connectivity index (χ4n) is 2.63. The average Bonchev–Trinajstić information content (AvgIpc) is 2.43. The first-order chi connectivity index (χ1) is 10.2. The van der Waals surface area contributed by atoms with E-state index in [4.69, 9.17) is 0 Å². The van der Waals surface area contributed by atoms with Gasteiger partial charge in [-0.3, -0.25) is 0 Å². The van der Waals surface area contributed by atoms with Crippen LogP contribution < -0.4 is 3.78 Å². The number of benzene rings is 2. The van der Waals surface area contributed by atoms with Crippen LogP contribution in [0.15, 0.2) is 54.6 Å². The van der Waals surface area contributed by atoms with Crippen molar-refractivity contribution < 1.29 is 19.2 Å². The Morgan fingerprint density at radius 3 is 1.73 bits per heavy atom. The van der Waals surface area contributed by atoms with Crippen LogP contribution in [0.5, 0.6) is 0 Å². The third-order valence-electron chi connectivity index (χ3n) is 3.14. The molecule has 0 heterocycles. The van der Waals surface area contributed by atoms with Gasteiger partial charge in [0.2, 0.25) is 0 Å². The van der Waals surface area contributed by atoms with Crippen molar-refractivity contribution >= 4 is 9.59 Å². The molecule has 2 rings (SSSR count). The van der Waals surface area contributed by atoms with E-state index in [2.05, 4.69) is 96.1 Å². The quantitative estimate of drug-likeness (QED) is 0.359. The molecule has 0 bridgehead atoms. The molecule has 0 aliphatic carbocycles. The van der Waals surface area contributed by atoms with Crippen LogP contribution in [0.25, 0.3) is 11.1 Å². The molecule has 0 spiro atoms. The Balaban J connectivity index is 2.42. The minimum absolute atomic E-state index is 0.0284. The fraction of sp³-hybridized carbons (Fsp3) is 0.400. The number of hydrogen-bond donors (Lipinski definition) is 0. The van der Waals surface area contributed by atoms with Crippen LogP contribution >= 0.6 is 5.81 Å². The number of rotatable bonds is 3. The molecule has 2 heteroatoms. The third kappa shape index (κ3) is 4.56. The van der Waals surface area contributed by atoms with Gasteiger partial charge in [-0.15, -0.1) is 0 Å². The van der Waals surface area contributed by atoms with E-state index in [0.29, 0.717) is 10.3 Å². The summed E-state index contributed by atoms with van der Waals surface area (Å²) in [6.07, 6.45) is 0. The van der Waals surface area contributed by atoms with Gasteiger partial charge in [0.1, 0.15) is 0 Å². The van der Waals surface area contributed by atoms with Gasteiger partial charge >= 0.3 is 146 Å². The summed E-state index contributed by atoms with van der Waals surface area (Å²) in [6, 6.07) is 19.9. The van der Waals surface area contributed by atoms with Crippen molar-refractivity contribution in [2.24, 2.45) is 0 Å². The molecule has 0 aliphatic rings. The van der Waals surface area contributed by atoms with E-state index in [1.165, 1.54) is 11.1 Å². The van der Waals surface area contributed by atoms with E-state index in [9.17, 15) is 0 Å². The molecule has 0 fully saturated rings. The predicted octanol–water partition coefficient (Wildman–Crippen LogP) is 6.06. The summed E-state index contributed by atoms with van der Waals surface area (Å²) >= 11 is 0.137. The van der Waals surface area contributed by atoms with Crippen molar-refractivity contribution in [2.75, 3.05) is 0 Å². The molecular formula is C20H27AuP. The van der Waals surface area contributed by atoms with Crippen LogP contribution in [0.4, 0.5) is 0 Å². The van der Waals surface area contributed by atoms with Crippen molar-refractivity contribution in [2.45, 2.75) is 51.9 Å². The second-order valence-electron chi connectivity index (χ2n) is 7.46. The average molecular weight is 495 g/mol. The van der Waals surface area contributed by atoms with Crippen LogP contribution in [-0.2, 0) is 19.2 Å². The van der Waals surface area contributed by atoms with E-state index in [1.807, 2.05) is 0 Å². The summed E-state index contributed by atoms with van der Waals surface area (Å²) < 4.78 is 1.59. The van der Waals surface area contributed by atoms with Gasteiger partial charge in [0.15, 0.2) is 0 Å². The minimum atomic E-state index is -0.0284. The molecule has 0 saturated carbocycles. The SMILES string of the molecule is CC(C)(C)[P]([Au][c]1ccccc1-c1ccccc1)C(C)(C)C. The molecule has 0 nitrogen and oxygen atoms in total. The molecule has 0 atom stereocenters. The van der Waals surface area contributed by atoms with Crippen molar-refractivity contribution in [1.82, 2.24) is 0 Å². The van der Waals surface area contributed by atoms with Crippen LogP contribution in [0.2, 0.25) is 0 Å². The maximum atomic E-state index is 2.42. The van der Waals surface area contributed by atoms with Gasteiger partial charge in [-0.1, -0.05) is 0 Å². The summed E-state index contributed by atoms with van der Waals surface area (Å²) in [7, 11) is 0. The first-order valence-electron chi connectivity index (χ1n) is 7.72. The van der Waals surface area contributed by atoms with Crippen molar-refractivity contribution in [1.29, 1.82) is 0 Å². The molecule has 0 aliphatic heterocycles. The molecule has 0 saturated heterocycles. The fourth-order valence-corrected chi connectivity index (χ4v) is 13.2. The standard InChI is InChI=1S/C12H9.C8H18P.Au/c1-3-7-11(8-4-1)12-9-5-2-6-10-12;1-7(2,3)9-8(4,5)6;/h1-9H;1-6H3;/q;-1;+1. The van der Waals surface area contributed by atoms with Gasteiger partial charge < -0.3 is 0 Å². The Morgan fingerprint density at radius 2 is 1.18 bits per heavy atom. The predicted molar refractivity (Wildman–Crippen MR) is 97.9 cm³/mol. The summed E-state index contributed by atoms with van der Waals surface area (Å²) in [5.41, 5.74) is 2.79. The Bertz CT molecular complexity index is 592. The second-order valence-corrected chi connectivity index (χ2v) is 16.3. The molecule has 0 amide bonds. The zero-order valence-electron chi connectivity index (χ0n) is 14.4. The van der Waals surface area contributed by atoms with E-state index < -0.39 is 0 Å². The summed E-state index contributed by atoms with van der Waals surface area (Å²) in [5.74, 6) is -0.0284. The van der Waals surface area contributed by atoms with E-state index in [-0.39, 0.29) is 25.0 Å². The van der Waals surface area contributed by atoms with Crippen LogP contribution in [-0.4, -0.2) is 10.3 Å². The van der Waals surface area contributed by atoms with Gasteiger partial charge in [0.05, 0.1) is 0 Å². The zero-order valence-corrected chi connectivity index (χ0v) is 17.5. The van der Waals surface area contributed by atoms with E-state index in [1.54, 1.807) is 3.78 Å². The van der Waals surface area contributed by atoms with Gasteiger partial charge in [-0.2, -0.15) is 0 Å². The van der Waals surface area contributed by atoms with Gasteiger partial charge in [-0.25, -0.2) is 0 Å². The zero-order chi connectivity index (χ0) is 16.4. The molecular weight excluding hydrogens is 468 g/mol. The Labute approximate surface area is 146 Å². The van der Waals surface area contributed by atoms with Gasteiger partial charge in [-0.05, 0) is 0 Å². The van der Waals surface area contributed by atoms with E-state index in [0.717, 1.165) is 0 Å². The summed E-state index contributed by atoms with van der Waals surface area (Å²) in [4.78, 5) is 0. The monoisotopic (exact) mass is 495 g/mol. The first kappa shape index (κ1) is 18.0. The summed E-state index contributed by atoms with van der Waals surface area (Å²) in [5, 5.41) is 0.803. The summed E-state index contributed by atoms with van der Waals surface area (Å²) in [6.45, 7) is 14.5. The normalized spacial score (nSPS) is 12.9. The molecule has 0 unspecified atom stereocenters. The van der Waals surface area contributed by atoms with Gasteiger partial charge in [0.25, 0.3) is 0 Å². The first-order valence-corrected chi connectivity index (χ1v) is 12.9. The topological polar surface area (TPSA) is 0 Å². The van der Waals surface area contributed by atoms with Crippen molar-refractivity contribution in [3.63, 3.8) is 0 Å². The molecule has 2 aromatic carbocycles. The van der Waals surface area contributed by atoms with Gasteiger partial charge in [0, 0.05) is 0 Å². The molecule has 123 valence electrons. The molecule has 22 heavy (non-hydrogen) atoms. The van der Waals surface area contributed by atoms with Crippen LogP contribution in [0, 0.1) is 0 Å². The second kappa shape index (κ2) is 7.02. The van der Waals surface area contributed by atoms with Crippen molar-refractivity contribution in [3.05, 3.63) is 54.6 Å². The molecule has 2 aromatic rings. The van der Waals surface area contributed by atoms with Crippen LogP contribution in [0.3, 0.4) is 0 Å².